The van der Waals surface area contributed by atoms with Gasteiger partial charge in [-0.2, -0.15) is 5.10 Å². The average molecular weight is 349 g/mol. The smallest absolute Gasteiger partial charge is 0.128 e. The molecule has 6 nitrogen and oxygen atoms in total. The number of hydrogen-bond donors (Lipinski definition) is 2. The summed E-state index contributed by atoms with van der Waals surface area (Å²) in [4.78, 5) is 6.78. The molecular weight excluding hydrogens is 326 g/mol. The molecule has 1 aromatic carbocycles. The van der Waals surface area contributed by atoms with Crippen LogP contribution in [0, 0.1) is 0 Å². The lowest BCUT2D eigenvalue weighted by Crippen LogP contribution is -2.32. The topological polar surface area (TPSA) is 66.1 Å². The summed E-state index contributed by atoms with van der Waals surface area (Å²) < 4.78 is 5.23. The molecular formula is C20H23N5O. The number of anilines is 1. The highest BCUT2D eigenvalue weighted by atomic mass is 16.5. The second-order valence-corrected chi connectivity index (χ2v) is 6.50. The van der Waals surface area contributed by atoms with Gasteiger partial charge in [-0.25, -0.2) is 4.98 Å². The lowest BCUT2D eigenvalue weighted by molar-refractivity contribution is 0.415. The predicted octanol–water partition coefficient (Wildman–Crippen LogP) is 2.85. The van der Waals surface area contributed by atoms with Crippen molar-refractivity contribution in [3.05, 3.63) is 60.4 Å². The number of H-pyrrole nitrogens is 1. The van der Waals surface area contributed by atoms with Gasteiger partial charge in [0.1, 0.15) is 11.6 Å². The van der Waals surface area contributed by atoms with Crippen LogP contribution in [0.2, 0.25) is 0 Å². The molecule has 4 rings (SSSR count). The maximum Gasteiger partial charge on any atom is 0.128 e. The summed E-state index contributed by atoms with van der Waals surface area (Å²) in [5, 5.41) is 11.0. The normalized spacial score (nSPS) is 16.8. The van der Waals surface area contributed by atoms with E-state index in [4.69, 9.17) is 4.74 Å². The Morgan fingerprint density at radius 1 is 1.23 bits per heavy atom. The van der Waals surface area contributed by atoms with E-state index in [0.717, 1.165) is 48.9 Å². The monoisotopic (exact) mass is 349 g/mol. The molecule has 1 aliphatic heterocycles. The molecule has 2 aromatic heterocycles. The third-order valence-electron chi connectivity index (χ3n) is 4.84. The molecule has 3 heterocycles. The summed E-state index contributed by atoms with van der Waals surface area (Å²) in [5.74, 6) is 1.91. The standard InChI is InChI=1S/C20H23N5O/c1-26-18-7-5-15(6-8-18)20-16(13-23-24-20)12-22-17-9-11-25(14-17)19-4-2-3-10-21-19/h2-8,10,13,17,22H,9,11-12,14H2,1H3,(H,23,24)/t17-/m1/s1. The lowest BCUT2D eigenvalue weighted by atomic mass is 10.1. The van der Waals surface area contributed by atoms with Crippen LogP contribution in [-0.4, -0.2) is 41.4 Å². The van der Waals surface area contributed by atoms with E-state index in [-0.39, 0.29) is 0 Å². The number of hydrogen-bond acceptors (Lipinski definition) is 5. The summed E-state index contributed by atoms with van der Waals surface area (Å²) in [6.07, 6.45) is 4.87. The predicted molar refractivity (Wildman–Crippen MR) is 102 cm³/mol. The second-order valence-electron chi connectivity index (χ2n) is 6.50. The van der Waals surface area contributed by atoms with Crippen molar-refractivity contribution in [2.24, 2.45) is 0 Å². The van der Waals surface area contributed by atoms with Crippen molar-refractivity contribution in [3.8, 4) is 17.0 Å². The molecule has 0 amide bonds. The van der Waals surface area contributed by atoms with Crippen molar-refractivity contribution in [2.45, 2.75) is 19.0 Å². The van der Waals surface area contributed by atoms with Gasteiger partial charge in [0.15, 0.2) is 0 Å². The van der Waals surface area contributed by atoms with E-state index in [9.17, 15) is 0 Å². The van der Waals surface area contributed by atoms with Gasteiger partial charge < -0.3 is 15.0 Å². The number of rotatable bonds is 6. The molecule has 0 spiro atoms. The average Bonchev–Trinajstić information content (AvgIpc) is 3.36. The van der Waals surface area contributed by atoms with E-state index in [1.165, 1.54) is 5.56 Å². The van der Waals surface area contributed by atoms with Crippen molar-refractivity contribution in [1.29, 1.82) is 0 Å². The highest BCUT2D eigenvalue weighted by molar-refractivity contribution is 5.63. The molecule has 1 aliphatic rings. The molecule has 0 unspecified atom stereocenters. The van der Waals surface area contributed by atoms with E-state index < -0.39 is 0 Å². The summed E-state index contributed by atoms with van der Waals surface area (Å²) in [7, 11) is 1.68. The lowest BCUT2D eigenvalue weighted by Gasteiger charge is -2.17. The fourth-order valence-corrected chi connectivity index (χ4v) is 3.38. The van der Waals surface area contributed by atoms with Crippen LogP contribution in [0.4, 0.5) is 5.82 Å². The van der Waals surface area contributed by atoms with Gasteiger partial charge in [-0.3, -0.25) is 5.10 Å². The SMILES string of the molecule is COc1ccc(-c2[nH]ncc2CN[C@@H]2CCN(c3ccccn3)C2)cc1. The van der Waals surface area contributed by atoms with Crippen molar-refractivity contribution in [3.63, 3.8) is 0 Å². The number of ether oxygens (including phenoxy) is 1. The number of pyridine rings is 1. The first-order valence-corrected chi connectivity index (χ1v) is 8.89. The van der Waals surface area contributed by atoms with E-state index >= 15 is 0 Å². The summed E-state index contributed by atoms with van der Waals surface area (Å²) >= 11 is 0. The van der Waals surface area contributed by atoms with Crippen LogP contribution in [0.3, 0.4) is 0 Å². The van der Waals surface area contributed by atoms with Gasteiger partial charge in [-0.15, -0.1) is 0 Å². The molecule has 26 heavy (non-hydrogen) atoms. The Labute approximate surface area is 153 Å². The number of methoxy groups -OCH3 is 1. The largest absolute Gasteiger partial charge is 0.497 e. The van der Waals surface area contributed by atoms with Crippen molar-refractivity contribution >= 4 is 5.82 Å². The second kappa shape index (κ2) is 7.58. The molecule has 0 radical (unpaired) electrons. The minimum atomic E-state index is 0.454. The molecule has 134 valence electrons. The molecule has 6 heteroatoms. The zero-order chi connectivity index (χ0) is 17.8. The zero-order valence-electron chi connectivity index (χ0n) is 14.9. The Balaban J connectivity index is 1.38. The first-order chi connectivity index (χ1) is 12.8. The fraction of sp³-hybridized carbons (Fsp3) is 0.300. The van der Waals surface area contributed by atoms with Gasteiger partial charge in [0.25, 0.3) is 0 Å². The fourth-order valence-electron chi connectivity index (χ4n) is 3.38. The van der Waals surface area contributed by atoms with Crippen molar-refractivity contribution in [2.75, 3.05) is 25.1 Å². The molecule has 1 saturated heterocycles. The van der Waals surface area contributed by atoms with E-state index in [1.807, 2.05) is 48.8 Å². The van der Waals surface area contributed by atoms with Crippen LogP contribution in [-0.2, 0) is 6.54 Å². The first kappa shape index (κ1) is 16.6. The first-order valence-electron chi connectivity index (χ1n) is 8.89. The number of aromatic nitrogens is 3. The molecule has 0 bridgehead atoms. The number of benzene rings is 1. The van der Waals surface area contributed by atoms with E-state index in [0.29, 0.717) is 6.04 Å². The van der Waals surface area contributed by atoms with Crippen LogP contribution >= 0.6 is 0 Å². The molecule has 1 fully saturated rings. The molecule has 0 aliphatic carbocycles. The molecule has 2 N–H and O–H groups in total. The van der Waals surface area contributed by atoms with Crippen molar-refractivity contribution < 1.29 is 4.74 Å². The number of nitrogens with one attached hydrogen (secondary N) is 2. The molecule has 1 atom stereocenters. The summed E-state index contributed by atoms with van der Waals surface area (Å²) in [6, 6.07) is 14.5. The Kier molecular flexibility index (Phi) is 4.84. The van der Waals surface area contributed by atoms with Crippen molar-refractivity contribution in [1.82, 2.24) is 20.5 Å². The van der Waals surface area contributed by atoms with Gasteiger partial charge in [0, 0.05) is 43.0 Å². The Hall–Kier alpha value is -2.86. The number of aromatic amines is 1. The molecule has 3 aromatic rings. The maximum absolute atomic E-state index is 5.23. The van der Waals surface area contributed by atoms with Crippen LogP contribution < -0.4 is 15.0 Å². The van der Waals surface area contributed by atoms with Gasteiger partial charge in [-0.05, 0) is 42.8 Å². The highest BCUT2D eigenvalue weighted by Crippen LogP contribution is 2.24. The Morgan fingerprint density at radius 3 is 2.88 bits per heavy atom. The summed E-state index contributed by atoms with van der Waals surface area (Å²) in [5.41, 5.74) is 3.34. The Bertz CT molecular complexity index is 831. The van der Waals surface area contributed by atoms with E-state index in [2.05, 4.69) is 31.5 Å². The van der Waals surface area contributed by atoms with Crippen LogP contribution in [0.1, 0.15) is 12.0 Å². The highest BCUT2D eigenvalue weighted by Gasteiger charge is 2.23. The minimum Gasteiger partial charge on any atom is -0.497 e. The van der Waals surface area contributed by atoms with Gasteiger partial charge >= 0.3 is 0 Å². The van der Waals surface area contributed by atoms with Crippen LogP contribution in [0.5, 0.6) is 5.75 Å². The van der Waals surface area contributed by atoms with E-state index in [1.54, 1.807) is 7.11 Å². The molecule has 0 saturated carbocycles. The maximum atomic E-state index is 5.23. The quantitative estimate of drug-likeness (QED) is 0.716. The third-order valence-corrected chi connectivity index (χ3v) is 4.84. The van der Waals surface area contributed by atoms with Gasteiger partial charge in [0.05, 0.1) is 19.0 Å². The van der Waals surface area contributed by atoms with Crippen LogP contribution in [0.15, 0.2) is 54.9 Å². The van der Waals surface area contributed by atoms with Gasteiger partial charge in [-0.1, -0.05) is 6.07 Å². The van der Waals surface area contributed by atoms with Crippen LogP contribution in [0.25, 0.3) is 11.3 Å². The number of nitrogens with zero attached hydrogens (tertiary/aromatic N) is 3. The minimum absolute atomic E-state index is 0.454. The summed E-state index contributed by atoms with van der Waals surface area (Å²) in [6.45, 7) is 2.80. The van der Waals surface area contributed by atoms with Gasteiger partial charge in [0.2, 0.25) is 0 Å². The third kappa shape index (κ3) is 3.55. The zero-order valence-corrected chi connectivity index (χ0v) is 14.9. The Morgan fingerprint density at radius 2 is 2.12 bits per heavy atom.